The van der Waals surface area contributed by atoms with Gasteiger partial charge in [-0.1, -0.05) is 36.4 Å². The van der Waals surface area contributed by atoms with Gasteiger partial charge in [0, 0.05) is 7.05 Å². The summed E-state index contributed by atoms with van der Waals surface area (Å²) < 4.78 is 21.2. The third kappa shape index (κ3) is 8.84. The molecule has 0 heterocycles. The van der Waals surface area contributed by atoms with Crippen LogP contribution < -0.4 is 0 Å². The van der Waals surface area contributed by atoms with Crippen molar-refractivity contribution in [3.8, 4) is 0 Å². The van der Waals surface area contributed by atoms with Gasteiger partial charge in [-0.25, -0.2) is 0 Å². The molecule has 0 aliphatic rings. The number of rotatable bonds is 0. The summed E-state index contributed by atoms with van der Waals surface area (Å²) in [7, 11) is -0.986. The Kier molecular flexibility index (Phi) is 6.22. The molecule has 11 heavy (non-hydrogen) atoms. The summed E-state index contributed by atoms with van der Waals surface area (Å²) >= 11 is 0. The van der Waals surface area contributed by atoms with Gasteiger partial charge in [0.2, 0.25) is 0 Å². The van der Waals surface area contributed by atoms with Gasteiger partial charge in [-0.05, 0) is 0 Å². The zero-order chi connectivity index (χ0) is 8.53. The molecule has 0 spiro atoms. The Morgan fingerprint density at radius 2 is 1.09 bits per heavy atom. The molecule has 0 radical (unpaired) electrons. The largest absolute Gasteiger partial charge is 0.310 e. The van der Waals surface area contributed by atoms with Gasteiger partial charge in [-0.3, -0.25) is 0 Å². The van der Waals surface area contributed by atoms with Gasteiger partial charge in [0.15, 0.2) is 0 Å². The predicted octanol–water partition coefficient (Wildman–Crippen LogP) is 1.37. The first kappa shape index (κ1) is 9.84. The van der Waals surface area contributed by atoms with Crippen LogP contribution in [0.2, 0.25) is 0 Å². The van der Waals surface area contributed by atoms with Crippen LogP contribution in [0.3, 0.4) is 0 Å². The second-order valence-electron chi connectivity index (χ2n) is 1.55. The molecule has 1 aromatic carbocycles. The number of benzene rings is 1. The molecule has 0 fully saturated rings. The standard InChI is InChI=1S/C6H6.CH3NO2S/c1-2-4-6-5-3-1;1-2-5(3)4/h1-6H;1H3. The molecule has 0 amide bonds. The maximum Gasteiger partial charge on any atom is 0.310 e. The molecule has 0 atom stereocenters. The number of hydrogen-bond acceptors (Lipinski definition) is 3. The van der Waals surface area contributed by atoms with Crippen LogP contribution in [0.1, 0.15) is 0 Å². The van der Waals surface area contributed by atoms with Crippen molar-refractivity contribution in [2.45, 2.75) is 0 Å². The van der Waals surface area contributed by atoms with Crippen LogP contribution in [0.25, 0.3) is 0 Å². The molecule has 0 bridgehead atoms. The van der Waals surface area contributed by atoms with Crippen molar-refractivity contribution in [3.63, 3.8) is 0 Å². The summed E-state index contributed by atoms with van der Waals surface area (Å²) in [5.74, 6) is 0. The summed E-state index contributed by atoms with van der Waals surface area (Å²) in [6.45, 7) is 0. The predicted molar refractivity (Wildman–Crippen MR) is 43.7 cm³/mol. The highest BCUT2D eigenvalue weighted by molar-refractivity contribution is 7.61. The van der Waals surface area contributed by atoms with E-state index in [4.69, 9.17) is 0 Å². The molecule has 0 aromatic heterocycles. The van der Waals surface area contributed by atoms with Crippen molar-refractivity contribution in [2.24, 2.45) is 4.36 Å². The quantitative estimate of drug-likeness (QED) is 0.591. The van der Waals surface area contributed by atoms with E-state index in [1.807, 2.05) is 36.4 Å². The van der Waals surface area contributed by atoms with Gasteiger partial charge in [0.05, 0.1) is 0 Å². The number of nitrogens with zero attached hydrogens (tertiary/aromatic N) is 1. The van der Waals surface area contributed by atoms with E-state index < -0.39 is 10.5 Å². The van der Waals surface area contributed by atoms with Crippen molar-refractivity contribution in [1.29, 1.82) is 0 Å². The SMILES string of the molecule is CN=S(=O)=O.c1ccccc1. The summed E-state index contributed by atoms with van der Waals surface area (Å²) in [5, 5.41) is 0. The van der Waals surface area contributed by atoms with Crippen LogP contribution in [0.15, 0.2) is 40.8 Å². The highest BCUT2D eigenvalue weighted by atomic mass is 32.2. The van der Waals surface area contributed by atoms with Crippen LogP contribution in [-0.2, 0) is 10.5 Å². The first-order chi connectivity index (χ1) is 5.27. The molecule has 0 saturated carbocycles. The molecular weight excluding hydrogens is 162 g/mol. The van der Waals surface area contributed by atoms with Gasteiger partial charge in [-0.2, -0.15) is 12.8 Å². The fraction of sp³-hybridized carbons (Fsp3) is 0.143. The topological polar surface area (TPSA) is 46.5 Å². The molecule has 60 valence electrons. The lowest BCUT2D eigenvalue weighted by Gasteiger charge is -1.69. The fourth-order valence-corrected chi connectivity index (χ4v) is 0.385. The fourth-order valence-electron chi connectivity index (χ4n) is 0.385. The average Bonchev–Trinajstić information content (AvgIpc) is 2.09. The normalized spacial score (nSPS) is 7.36. The zero-order valence-corrected chi connectivity index (χ0v) is 6.95. The molecule has 3 nitrogen and oxygen atoms in total. The Balaban J connectivity index is 0.000000187. The molecule has 1 rings (SSSR count). The van der Waals surface area contributed by atoms with Crippen molar-refractivity contribution >= 4 is 10.5 Å². The lowest BCUT2D eigenvalue weighted by Crippen LogP contribution is -1.47. The molecular formula is C7H9NO2S. The van der Waals surface area contributed by atoms with Crippen LogP contribution in [-0.4, -0.2) is 15.5 Å². The van der Waals surface area contributed by atoms with Crippen LogP contribution in [0.4, 0.5) is 0 Å². The highest BCUT2D eigenvalue weighted by Crippen LogP contribution is 1.79. The smallest absolute Gasteiger partial charge is 0.175 e. The van der Waals surface area contributed by atoms with Crippen molar-refractivity contribution < 1.29 is 8.42 Å². The Labute approximate surface area is 67.4 Å². The molecule has 0 aliphatic carbocycles. The maximum atomic E-state index is 9.20. The van der Waals surface area contributed by atoms with Gasteiger partial charge in [0.1, 0.15) is 0 Å². The molecule has 0 unspecified atom stereocenters. The summed E-state index contributed by atoms with van der Waals surface area (Å²) in [4.78, 5) is 0. The Bertz CT molecular complexity index is 257. The zero-order valence-electron chi connectivity index (χ0n) is 6.14. The van der Waals surface area contributed by atoms with E-state index in [9.17, 15) is 8.42 Å². The van der Waals surface area contributed by atoms with Crippen LogP contribution >= 0.6 is 0 Å². The molecule has 0 saturated heterocycles. The van der Waals surface area contributed by atoms with Crippen LogP contribution in [0.5, 0.6) is 0 Å². The molecule has 0 aliphatic heterocycles. The summed E-state index contributed by atoms with van der Waals surface area (Å²) in [6, 6.07) is 12.0. The molecule has 0 N–H and O–H groups in total. The second-order valence-corrected chi connectivity index (χ2v) is 2.35. The third-order valence-corrected chi connectivity index (χ3v) is 1.11. The minimum absolute atomic E-state index is 1.21. The first-order valence-electron chi connectivity index (χ1n) is 2.96. The highest BCUT2D eigenvalue weighted by Gasteiger charge is 1.57. The third-order valence-electron chi connectivity index (χ3n) is 0.816. The van der Waals surface area contributed by atoms with Gasteiger partial charge < -0.3 is 0 Å². The first-order valence-corrected chi connectivity index (χ1v) is 3.99. The van der Waals surface area contributed by atoms with E-state index in [-0.39, 0.29) is 0 Å². The van der Waals surface area contributed by atoms with Gasteiger partial charge >= 0.3 is 10.5 Å². The lowest BCUT2D eigenvalue weighted by molar-refractivity contribution is 0.622. The minimum atomic E-state index is -2.20. The number of hydrogen-bond donors (Lipinski definition) is 0. The van der Waals surface area contributed by atoms with E-state index in [1.54, 1.807) is 0 Å². The van der Waals surface area contributed by atoms with Crippen molar-refractivity contribution in [3.05, 3.63) is 36.4 Å². The second kappa shape index (κ2) is 6.95. The Morgan fingerprint density at radius 3 is 1.18 bits per heavy atom. The van der Waals surface area contributed by atoms with E-state index in [1.165, 1.54) is 7.05 Å². The molecule has 1 aromatic rings. The van der Waals surface area contributed by atoms with E-state index >= 15 is 0 Å². The molecule has 4 heteroatoms. The van der Waals surface area contributed by atoms with E-state index in [2.05, 4.69) is 4.36 Å². The van der Waals surface area contributed by atoms with E-state index in [0.717, 1.165) is 0 Å². The van der Waals surface area contributed by atoms with Gasteiger partial charge in [0.25, 0.3) is 0 Å². The summed E-state index contributed by atoms with van der Waals surface area (Å²) in [5.41, 5.74) is 0. The minimum Gasteiger partial charge on any atom is -0.175 e. The summed E-state index contributed by atoms with van der Waals surface area (Å²) in [6.07, 6.45) is 0. The van der Waals surface area contributed by atoms with Gasteiger partial charge in [-0.15, -0.1) is 0 Å². The van der Waals surface area contributed by atoms with Crippen molar-refractivity contribution in [1.82, 2.24) is 0 Å². The average molecular weight is 171 g/mol. The Morgan fingerprint density at radius 1 is 0.909 bits per heavy atom. The maximum absolute atomic E-state index is 9.20. The van der Waals surface area contributed by atoms with Crippen molar-refractivity contribution in [2.75, 3.05) is 7.05 Å². The van der Waals surface area contributed by atoms with E-state index in [0.29, 0.717) is 0 Å². The lowest BCUT2D eigenvalue weighted by atomic mass is 10.4. The Hall–Kier alpha value is -1.16. The monoisotopic (exact) mass is 171 g/mol. The van der Waals surface area contributed by atoms with Crippen LogP contribution in [0, 0.1) is 0 Å².